The summed E-state index contributed by atoms with van der Waals surface area (Å²) in [4.78, 5) is 11.9. The molecule has 0 saturated carbocycles. The summed E-state index contributed by atoms with van der Waals surface area (Å²) in [5.74, 6) is 0.640. The molecule has 84 valence electrons. The largest absolute Gasteiger partial charge is 0.316 e. The Kier molecular flexibility index (Phi) is 2.28. The molecule has 0 aromatic heterocycles. The minimum atomic E-state index is -0.311. The number of piperidine rings is 1. The molecule has 2 aliphatic rings. The van der Waals surface area contributed by atoms with Gasteiger partial charge in [0.1, 0.15) is 5.82 Å². The lowest BCUT2D eigenvalue weighted by Crippen LogP contribution is -2.39. The molecule has 2 atom stereocenters. The zero-order chi connectivity index (χ0) is 11.1. The Morgan fingerprint density at radius 2 is 2.25 bits per heavy atom. The van der Waals surface area contributed by atoms with Crippen LogP contribution in [0.4, 0.5) is 4.39 Å². The van der Waals surface area contributed by atoms with Crippen molar-refractivity contribution >= 4 is 5.78 Å². The van der Waals surface area contributed by atoms with E-state index in [-0.39, 0.29) is 11.6 Å². The van der Waals surface area contributed by atoms with Gasteiger partial charge in [0.25, 0.3) is 0 Å². The predicted octanol–water partition coefficient (Wildman–Crippen LogP) is 2.11. The number of benzene rings is 1. The Labute approximate surface area is 93.9 Å². The lowest BCUT2D eigenvalue weighted by atomic mass is 9.71. The van der Waals surface area contributed by atoms with Crippen LogP contribution in [0, 0.1) is 11.7 Å². The smallest absolute Gasteiger partial charge is 0.163 e. The monoisotopic (exact) mass is 219 g/mol. The molecule has 1 aliphatic carbocycles. The third-order valence-electron chi connectivity index (χ3n) is 3.79. The van der Waals surface area contributed by atoms with Crippen molar-refractivity contribution < 1.29 is 9.18 Å². The third-order valence-corrected chi connectivity index (χ3v) is 3.79. The Morgan fingerprint density at radius 1 is 1.38 bits per heavy atom. The van der Waals surface area contributed by atoms with Gasteiger partial charge in [0.15, 0.2) is 5.78 Å². The third kappa shape index (κ3) is 1.47. The summed E-state index contributed by atoms with van der Waals surface area (Å²) >= 11 is 0. The Bertz CT molecular complexity index is 444. The number of rotatable bonds is 0. The fourth-order valence-corrected chi connectivity index (χ4v) is 2.96. The molecule has 1 saturated heterocycles. The maximum absolute atomic E-state index is 13.1. The van der Waals surface area contributed by atoms with Crippen molar-refractivity contribution in [3.63, 3.8) is 0 Å². The fourth-order valence-electron chi connectivity index (χ4n) is 2.96. The summed E-state index contributed by atoms with van der Waals surface area (Å²) in [6, 6.07) is 4.64. The quantitative estimate of drug-likeness (QED) is 0.724. The standard InChI is InChI=1S/C13H14FNO/c14-9-1-2-10-11(6-9)13(16)5-8-3-4-15-7-12(8)10/h1-2,6,8,12,15H,3-5,7H2/t8-,12-/m1/s1. The molecule has 0 bridgehead atoms. The molecule has 1 N–H and O–H groups in total. The van der Waals surface area contributed by atoms with Crippen LogP contribution in [-0.2, 0) is 0 Å². The fraction of sp³-hybridized carbons (Fsp3) is 0.462. The van der Waals surface area contributed by atoms with Crippen molar-refractivity contribution in [2.45, 2.75) is 18.8 Å². The SMILES string of the molecule is O=C1C[C@H]2CCNC[C@H]2c2ccc(F)cc21. The van der Waals surface area contributed by atoms with Crippen molar-refractivity contribution in [2.75, 3.05) is 13.1 Å². The van der Waals surface area contributed by atoms with Crippen molar-refractivity contribution in [1.82, 2.24) is 5.32 Å². The predicted molar refractivity (Wildman–Crippen MR) is 59.1 cm³/mol. The zero-order valence-electron chi connectivity index (χ0n) is 9.00. The number of fused-ring (bicyclic) bond motifs is 3. The molecule has 1 heterocycles. The number of carbonyl (C=O) groups excluding carboxylic acids is 1. The van der Waals surface area contributed by atoms with Crippen LogP contribution in [0.1, 0.15) is 34.7 Å². The number of carbonyl (C=O) groups is 1. The van der Waals surface area contributed by atoms with Gasteiger partial charge in [-0.1, -0.05) is 6.07 Å². The first-order valence-corrected chi connectivity index (χ1v) is 5.79. The van der Waals surface area contributed by atoms with Gasteiger partial charge in [0.05, 0.1) is 0 Å². The first-order chi connectivity index (χ1) is 7.75. The summed E-state index contributed by atoms with van der Waals surface area (Å²) in [6.07, 6.45) is 1.63. The maximum atomic E-state index is 13.1. The summed E-state index contributed by atoms with van der Waals surface area (Å²) in [5, 5.41) is 3.35. The molecule has 0 amide bonds. The normalized spacial score (nSPS) is 28.4. The lowest BCUT2D eigenvalue weighted by Gasteiger charge is -2.36. The first-order valence-electron chi connectivity index (χ1n) is 5.79. The molecule has 3 rings (SSSR count). The first kappa shape index (κ1) is 9.97. The highest BCUT2D eigenvalue weighted by Gasteiger charge is 2.35. The van der Waals surface area contributed by atoms with Gasteiger partial charge in [-0.25, -0.2) is 4.39 Å². The highest BCUT2D eigenvalue weighted by Crippen LogP contribution is 2.39. The number of nitrogens with one attached hydrogen (secondary N) is 1. The van der Waals surface area contributed by atoms with E-state index in [9.17, 15) is 9.18 Å². The van der Waals surface area contributed by atoms with Crippen molar-refractivity contribution in [1.29, 1.82) is 0 Å². The molecule has 1 fully saturated rings. The minimum absolute atomic E-state index is 0.109. The van der Waals surface area contributed by atoms with Gasteiger partial charge in [0.2, 0.25) is 0 Å². The Morgan fingerprint density at radius 3 is 3.12 bits per heavy atom. The van der Waals surface area contributed by atoms with E-state index in [0.717, 1.165) is 25.1 Å². The van der Waals surface area contributed by atoms with Crippen LogP contribution in [0.3, 0.4) is 0 Å². The van der Waals surface area contributed by atoms with E-state index in [1.807, 2.05) is 0 Å². The molecule has 2 nitrogen and oxygen atoms in total. The van der Waals surface area contributed by atoms with Gasteiger partial charge in [0, 0.05) is 24.4 Å². The number of ketones is 1. The van der Waals surface area contributed by atoms with Crippen molar-refractivity contribution in [3.8, 4) is 0 Å². The molecule has 1 aromatic rings. The van der Waals surface area contributed by atoms with Gasteiger partial charge in [-0.05, 0) is 36.6 Å². The maximum Gasteiger partial charge on any atom is 0.163 e. The van der Waals surface area contributed by atoms with Crippen LogP contribution < -0.4 is 5.32 Å². The second-order valence-corrected chi connectivity index (χ2v) is 4.72. The number of halogens is 1. The molecule has 1 aromatic carbocycles. The van der Waals surface area contributed by atoms with Crippen LogP contribution in [0.15, 0.2) is 18.2 Å². The molecule has 0 unspecified atom stereocenters. The average molecular weight is 219 g/mol. The van der Waals surface area contributed by atoms with Crippen LogP contribution >= 0.6 is 0 Å². The average Bonchev–Trinajstić information content (AvgIpc) is 2.29. The lowest BCUT2D eigenvalue weighted by molar-refractivity contribution is 0.0923. The van der Waals surface area contributed by atoms with Gasteiger partial charge < -0.3 is 5.32 Å². The number of Topliss-reactive ketones (excluding diaryl/α,β-unsaturated/α-hetero) is 1. The van der Waals surface area contributed by atoms with Gasteiger partial charge >= 0.3 is 0 Å². The van der Waals surface area contributed by atoms with E-state index in [4.69, 9.17) is 0 Å². The van der Waals surface area contributed by atoms with Crippen LogP contribution in [0.25, 0.3) is 0 Å². The number of hydrogen-bond donors (Lipinski definition) is 1. The van der Waals surface area contributed by atoms with Crippen molar-refractivity contribution in [3.05, 3.63) is 35.1 Å². The van der Waals surface area contributed by atoms with E-state index in [2.05, 4.69) is 5.32 Å². The summed E-state index contributed by atoms with van der Waals surface area (Å²) in [6.45, 7) is 1.90. The second-order valence-electron chi connectivity index (χ2n) is 4.72. The second kappa shape index (κ2) is 3.67. The summed E-state index contributed by atoms with van der Waals surface area (Å²) in [7, 11) is 0. The Hall–Kier alpha value is -1.22. The Balaban J connectivity index is 2.08. The van der Waals surface area contributed by atoms with E-state index in [0.29, 0.717) is 23.8 Å². The summed E-state index contributed by atoms with van der Waals surface area (Å²) in [5.41, 5.74) is 1.64. The topological polar surface area (TPSA) is 29.1 Å². The van der Waals surface area contributed by atoms with E-state index >= 15 is 0 Å². The molecule has 0 radical (unpaired) electrons. The highest BCUT2D eigenvalue weighted by atomic mass is 19.1. The van der Waals surface area contributed by atoms with Crippen molar-refractivity contribution in [2.24, 2.45) is 5.92 Å². The molecule has 0 spiro atoms. The van der Waals surface area contributed by atoms with Gasteiger partial charge in [-0.3, -0.25) is 4.79 Å². The number of hydrogen-bond acceptors (Lipinski definition) is 2. The minimum Gasteiger partial charge on any atom is -0.316 e. The van der Waals surface area contributed by atoms with Gasteiger partial charge in [-0.2, -0.15) is 0 Å². The highest BCUT2D eigenvalue weighted by molar-refractivity contribution is 5.99. The van der Waals surface area contributed by atoms with Crippen LogP contribution in [0.5, 0.6) is 0 Å². The van der Waals surface area contributed by atoms with Crippen LogP contribution in [-0.4, -0.2) is 18.9 Å². The van der Waals surface area contributed by atoms with E-state index < -0.39 is 0 Å². The zero-order valence-corrected chi connectivity index (χ0v) is 9.00. The molecule has 3 heteroatoms. The molecular formula is C13H14FNO. The summed E-state index contributed by atoms with van der Waals surface area (Å²) < 4.78 is 13.1. The van der Waals surface area contributed by atoms with E-state index in [1.165, 1.54) is 12.1 Å². The van der Waals surface area contributed by atoms with Crippen LogP contribution in [0.2, 0.25) is 0 Å². The van der Waals surface area contributed by atoms with E-state index in [1.54, 1.807) is 6.07 Å². The molecule has 1 aliphatic heterocycles. The molecule has 16 heavy (non-hydrogen) atoms. The molecular weight excluding hydrogens is 205 g/mol. The van der Waals surface area contributed by atoms with Gasteiger partial charge in [-0.15, -0.1) is 0 Å².